The van der Waals surface area contributed by atoms with Gasteiger partial charge in [-0.15, -0.1) is 0 Å². The first-order valence-corrected chi connectivity index (χ1v) is 7.84. The lowest BCUT2D eigenvalue weighted by atomic mass is 10.2. The SMILES string of the molecule is CCC1CN(c2ccc(CO)c(Br)c2)CCS1. The van der Waals surface area contributed by atoms with Crippen molar-refractivity contribution in [2.45, 2.75) is 25.2 Å². The topological polar surface area (TPSA) is 23.5 Å². The van der Waals surface area contributed by atoms with E-state index in [0.29, 0.717) is 0 Å². The average molecular weight is 316 g/mol. The molecule has 1 aromatic carbocycles. The Kier molecular flexibility index (Phi) is 4.77. The summed E-state index contributed by atoms with van der Waals surface area (Å²) in [5.41, 5.74) is 2.21. The number of benzene rings is 1. The van der Waals surface area contributed by atoms with Crippen LogP contribution in [0, 0.1) is 0 Å². The van der Waals surface area contributed by atoms with Crippen LogP contribution in [0.25, 0.3) is 0 Å². The van der Waals surface area contributed by atoms with Crippen LogP contribution in [0.4, 0.5) is 5.69 Å². The van der Waals surface area contributed by atoms with Crippen molar-refractivity contribution >= 4 is 33.4 Å². The number of halogens is 1. The lowest BCUT2D eigenvalue weighted by Gasteiger charge is -2.33. The maximum atomic E-state index is 9.15. The molecule has 1 saturated heterocycles. The van der Waals surface area contributed by atoms with Gasteiger partial charge in [-0.25, -0.2) is 0 Å². The molecule has 0 aromatic heterocycles. The summed E-state index contributed by atoms with van der Waals surface area (Å²) in [5, 5.41) is 9.90. The van der Waals surface area contributed by atoms with Gasteiger partial charge in [0.25, 0.3) is 0 Å². The molecule has 17 heavy (non-hydrogen) atoms. The van der Waals surface area contributed by atoms with Crippen molar-refractivity contribution in [3.63, 3.8) is 0 Å². The van der Waals surface area contributed by atoms with Crippen LogP contribution >= 0.6 is 27.7 Å². The molecule has 94 valence electrons. The van der Waals surface area contributed by atoms with E-state index in [1.54, 1.807) is 0 Å². The van der Waals surface area contributed by atoms with Crippen LogP contribution in [-0.4, -0.2) is 29.2 Å². The molecule has 1 N–H and O–H groups in total. The molecule has 0 bridgehead atoms. The summed E-state index contributed by atoms with van der Waals surface area (Å²) < 4.78 is 1.00. The predicted molar refractivity (Wildman–Crippen MR) is 78.8 cm³/mol. The van der Waals surface area contributed by atoms with Crippen LogP contribution in [0.2, 0.25) is 0 Å². The fourth-order valence-corrected chi connectivity index (χ4v) is 3.73. The van der Waals surface area contributed by atoms with Gasteiger partial charge in [0.15, 0.2) is 0 Å². The molecular weight excluding hydrogens is 298 g/mol. The molecule has 1 unspecified atom stereocenters. The third kappa shape index (κ3) is 3.18. The van der Waals surface area contributed by atoms with Gasteiger partial charge in [0.2, 0.25) is 0 Å². The van der Waals surface area contributed by atoms with Gasteiger partial charge in [-0.1, -0.05) is 28.9 Å². The van der Waals surface area contributed by atoms with E-state index in [-0.39, 0.29) is 6.61 Å². The standard InChI is InChI=1S/C13H18BrNOS/c1-2-12-8-15(5-6-17-12)11-4-3-10(9-16)13(14)7-11/h3-4,7,12,16H,2,5-6,8-9H2,1H3. The van der Waals surface area contributed by atoms with E-state index in [9.17, 15) is 0 Å². The molecule has 1 aliphatic heterocycles. The smallest absolute Gasteiger partial charge is 0.0692 e. The van der Waals surface area contributed by atoms with E-state index in [2.05, 4.69) is 51.6 Å². The van der Waals surface area contributed by atoms with Crippen LogP contribution in [0.5, 0.6) is 0 Å². The number of nitrogens with zero attached hydrogens (tertiary/aromatic N) is 1. The Bertz CT molecular complexity index is 386. The summed E-state index contributed by atoms with van der Waals surface area (Å²) in [5.74, 6) is 1.21. The zero-order valence-corrected chi connectivity index (χ0v) is 12.4. The van der Waals surface area contributed by atoms with Gasteiger partial charge in [-0.3, -0.25) is 0 Å². The molecule has 1 fully saturated rings. The molecule has 4 heteroatoms. The van der Waals surface area contributed by atoms with Crippen molar-refractivity contribution in [3.05, 3.63) is 28.2 Å². The van der Waals surface area contributed by atoms with Crippen LogP contribution in [0.3, 0.4) is 0 Å². The Morgan fingerprint density at radius 2 is 2.35 bits per heavy atom. The minimum atomic E-state index is 0.0916. The Hall–Kier alpha value is -0.190. The first kappa shape index (κ1) is 13.2. The molecule has 0 spiro atoms. The fraction of sp³-hybridized carbons (Fsp3) is 0.538. The van der Waals surface area contributed by atoms with Crippen LogP contribution < -0.4 is 4.90 Å². The Balaban J connectivity index is 2.13. The Labute approximate surface area is 116 Å². The highest BCUT2D eigenvalue weighted by Crippen LogP contribution is 2.29. The van der Waals surface area contributed by atoms with E-state index in [4.69, 9.17) is 5.11 Å². The molecule has 0 radical (unpaired) electrons. The lowest BCUT2D eigenvalue weighted by Crippen LogP contribution is -2.37. The normalized spacial score (nSPS) is 20.6. The highest BCUT2D eigenvalue weighted by atomic mass is 79.9. The Morgan fingerprint density at radius 3 is 3.00 bits per heavy atom. The minimum absolute atomic E-state index is 0.0916. The van der Waals surface area contributed by atoms with Crippen LogP contribution in [0.1, 0.15) is 18.9 Å². The number of hydrogen-bond acceptors (Lipinski definition) is 3. The summed E-state index contributed by atoms with van der Waals surface area (Å²) in [6.07, 6.45) is 1.23. The van der Waals surface area contributed by atoms with Crippen molar-refractivity contribution in [2.75, 3.05) is 23.7 Å². The molecule has 0 amide bonds. The van der Waals surface area contributed by atoms with Crippen LogP contribution in [0.15, 0.2) is 22.7 Å². The van der Waals surface area contributed by atoms with Gasteiger partial charge in [0, 0.05) is 34.3 Å². The molecule has 2 rings (SSSR count). The van der Waals surface area contributed by atoms with Crippen molar-refractivity contribution in [3.8, 4) is 0 Å². The van der Waals surface area contributed by atoms with Crippen molar-refractivity contribution in [1.29, 1.82) is 0 Å². The first-order chi connectivity index (χ1) is 8.24. The summed E-state index contributed by atoms with van der Waals surface area (Å²) in [7, 11) is 0. The minimum Gasteiger partial charge on any atom is -0.392 e. The van der Waals surface area contributed by atoms with E-state index < -0.39 is 0 Å². The third-order valence-corrected chi connectivity index (χ3v) is 5.28. The van der Waals surface area contributed by atoms with E-state index in [0.717, 1.165) is 28.4 Å². The van der Waals surface area contributed by atoms with Gasteiger partial charge >= 0.3 is 0 Å². The second-order valence-corrected chi connectivity index (χ2v) is 6.54. The molecule has 0 aliphatic carbocycles. The molecule has 1 aromatic rings. The third-order valence-electron chi connectivity index (χ3n) is 3.17. The predicted octanol–water partition coefficient (Wildman–Crippen LogP) is 3.27. The molecule has 1 aliphatic rings. The van der Waals surface area contributed by atoms with E-state index >= 15 is 0 Å². The number of anilines is 1. The second-order valence-electron chi connectivity index (χ2n) is 4.28. The van der Waals surface area contributed by atoms with Gasteiger partial charge in [-0.05, 0) is 24.1 Å². The summed E-state index contributed by atoms with van der Waals surface area (Å²) >= 11 is 5.59. The quantitative estimate of drug-likeness (QED) is 0.926. The number of hydrogen-bond donors (Lipinski definition) is 1. The molecule has 0 saturated carbocycles. The number of aliphatic hydroxyl groups is 1. The monoisotopic (exact) mass is 315 g/mol. The number of thioether (sulfide) groups is 1. The Morgan fingerprint density at radius 1 is 1.53 bits per heavy atom. The molecule has 2 nitrogen and oxygen atoms in total. The van der Waals surface area contributed by atoms with Gasteiger partial charge in [0.1, 0.15) is 0 Å². The number of rotatable bonds is 3. The zero-order chi connectivity index (χ0) is 12.3. The lowest BCUT2D eigenvalue weighted by molar-refractivity contribution is 0.281. The van der Waals surface area contributed by atoms with Crippen molar-refractivity contribution in [2.24, 2.45) is 0 Å². The summed E-state index contributed by atoms with van der Waals surface area (Å²) in [4.78, 5) is 2.44. The van der Waals surface area contributed by atoms with Gasteiger partial charge in [0.05, 0.1) is 6.61 Å². The largest absolute Gasteiger partial charge is 0.392 e. The maximum absolute atomic E-state index is 9.15. The van der Waals surface area contributed by atoms with Crippen LogP contribution in [-0.2, 0) is 6.61 Å². The molecule has 1 atom stereocenters. The number of aliphatic hydroxyl groups excluding tert-OH is 1. The molecular formula is C13H18BrNOS. The van der Waals surface area contributed by atoms with Gasteiger partial charge in [-0.2, -0.15) is 11.8 Å². The van der Waals surface area contributed by atoms with Crippen molar-refractivity contribution in [1.82, 2.24) is 0 Å². The zero-order valence-electron chi connectivity index (χ0n) is 10.0. The first-order valence-electron chi connectivity index (χ1n) is 6.00. The fourth-order valence-electron chi connectivity index (χ4n) is 2.06. The van der Waals surface area contributed by atoms with Crippen molar-refractivity contribution < 1.29 is 5.11 Å². The molecule has 1 heterocycles. The summed E-state index contributed by atoms with van der Waals surface area (Å²) in [6, 6.07) is 6.23. The average Bonchev–Trinajstić information content (AvgIpc) is 2.38. The van der Waals surface area contributed by atoms with E-state index in [1.807, 2.05) is 6.07 Å². The highest BCUT2D eigenvalue weighted by molar-refractivity contribution is 9.10. The van der Waals surface area contributed by atoms with E-state index in [1.165, 1.54) is 17.9 Å². The second kappa shape index (κ2) is 6.12. The highest BCUT2D eigenvalue weighted by Gasteiger charge is 2.19. The maximum Gasteiger partial charge on any atom is 0.0692 e. The van der Waals surface area contributed by atoms with Gasteiger partial charge < -0.3 is 10.0 Å². The summed E-state index contributed by atoms with van der Waals surface area (Å²) in [6.45, 7) is 4.60.